The molecule has 0 radical (unpaired) electrons. The lowest BCUT2D eigenvalue weighted by Crippen LogP contribution is -2.58. The molecule has 7 N–H and O–H groups in total. The number of nitrogens with one attached hydrogen (secondary N) is 1. The predicted octanol–water partition coefficient (Wildman–Crippen LogP) is -2.67. The first-order chi connectivity index (χ1) is 17.3. The Hall–Kier alpha value is -3.08. The molecule has 8 atom stereocenters. The molecule has 14 nitrogen and oxygen atoms in total. The molecule has 2 aromatic heterocycles. The summed E-state index contributed by atoms with van der Waals surface area (Å²) in [6.45, 7) is -1.33. The maximum absolute atomic E-state index is 12.7. The topological polar surface area (TPSA) is 213 Å². The van der Waals surface area contributed by atoms with Crippen LogP contribution in [-0.2, 0) is 15.2 Å². The second kappa shape index (κ2) is 9.42. The van der Waals surface area contributed by atoms with E-state index in [4.69, 9.17) is 9.47 Å². The Morgan fingerprint density at radius 2 is 1.69 bits per heavy atom. The summed E-state index contributed by atoms with van der Waals surface area (Å²) >= 11 is 0. The smallest absolute Gasteiger partial charge is 0.256 e. The molecule has 2 saturated heterocycles. The highest BCUT2D eigenvalue weighted by Crippen LogP contribution is 2.45. The van der Waals surface area contributed by atoms with Crippen LogP contribution in [-0.4, -0.2) is 112 Å². The van der Waals surface area contributed by atoms with Crippen molar-refractivity contribution in [1.82, 2.24) is 19.5 Å². The van der Waals surface area contributed by atoms with Gasteiger partial charge in [-0.15, -0.1) is 0 Å². The number of ether oxygens (including phenoxy) is 2. The minimum atomic E-state index is -2.14. The third-order valence-corrected chi connectivity index (χ3v) is 6.58. The molecule has 2 aliphatic heterocycles. The molecule has 0 spiro atoms. The van der Waals surface area contributed by atoms with Gasteiger partial charge in [-0.25, -0.2) is 15.0 Å². The van der Waals surface area contributed by atoms with E-state index in [0.29, 0.717) is 5.56 Å². The van der Waals surface area contributed by atoms with Gasteiger partial charge in [0, 0.05) is 5.56 Å². The van der Waals surface area contributed by atoms with Crippen LogP contribution in [0.3, 0.4) is 0 Å². The van der Waals surface area contributed by atoms with Gasteiger partial charge in [0.15, 0.2) is 17.0 Å². The molecule has 1 amide bonds. The number of aliphatic hydroxyl groups is 6. The summed E-state index contributed by atoms with van der Waals surface area (Å²) < 4.78 is 12.8. The van der Waals surface area contributed by atoms with Crippen LogP contribution in [0.15, 0.2) is 43.0 Å². The van der Waals surface area contributed by atoms with Crippen LogP contribution in [0.4, 0.5) is 5.82 Å². The highest BCUT2D eigenvalue weighted by molar-refractivity contribution is 6.06. The van der Waals surface area contributed by atoms with Crippen LogP contribution in [0.2, 0.25) is 0 Å². The van der Waals surface area contributed by atoms with Crippen molar-refractivity contribution in [1.29, 1.82) is 0 Å². The van der Waals surface area contributed by atoms with E-state index in [0.717, 1.165) is 6.33 Å². The molecular formula is C22H25N5O9. The number of fused-ring (bicyclic) bond motifs is 1. The SMILES string of the molecule is O=C(Nc1ncnc2c1ncn2[C@]1([C@@H]2O[C@H](CO)[C@@H](O)[C@@H]2O)O[C@H](CO)[C@@H](O)[C@H]1O)c1ccccc1. The predicted molar refractivity (Wildman–Crippen MR) is 119 cm³/mol. The Morgan fingerprint density at radius 1 is 0.972 bits per heavy atom. The fourth-order valence-corrected chi connectivity index (χ4v) is 4.74. The summed E-state index contributed by atoms with van der Waals surface area (Å²) in [5.74, 6) is -0.424. The number of anilines is 1. The molecule has 14 heteroatoms. The molecule has 0 bridgehead atoms. The number of hydrogen-bond acceptors (Lipinski definition) is 12. The number of amides is 1. The Bertz CT molecular complexity index is 1240. The summed E-state index contributed by atoms with van der Waals surface area (Å²) in [6, 6.07) is 8.39. The van der Waals surface area contributed by atoms with Crippen LogP contribution in [0, 0.1) is 0 Å². The molecule has 36 heavy (non-hydrogen) atoms. The van der Waals surface area contributed by atoms with Gasteiger partial charge in [-0.05, 0) is 12.1 Å². The third-order valence-electron chi connectivity index (χ3n) is 6.58. The summed E-state index contributed by atoms with van der Waals surface area (Å²) in [5, 5.41) is 64.8. The molecule has 4 heterocycles. The van der Waals surface area contributed by atoms with Crippen molar-refractivity contribution < 1.29 is 44.9 Å². The van der Waals surface area contributed by atoms with Crippen molar-refractivity contribution >= 4 is 22.9 Å². The van der Waals surface area contributed by atoms with Crippen molar-refractivity contribution in [2.75, 3.05) is 18.5 Å². The molecule has 2 aliphatic rings. The molecule has 5 rings (SSSR count). The summed E-state index contributed by atoms with van der Waals surface area (Å²) in [7, 11) is 0. The Morgan fingerprint density at radius 3 is 2.33 bits per heavy atom. The monoisotopic (exact) mass is 503 g/mol. The average molecular weight is 503 g/mol. The van der Waals surface area contributed by atoms with Gasteiger partial charge in [0.05, 0.1) is 19.5 Å². The molecule has 1 aromatic carbocycles. The number of nitrogens with zero attached hydrogens (tertiary/aromatic N) is 4. The van der Waals surface area contributed by atoms with Crippen molar-refractivity contribution in [3.63, 3.8) is 0 Å². The maximum atomic E-state index is 12.7. The number of hydrogen-bond donors (Lipinski definition) is 7. The van der Waals surface area contributed by atoms with Gasteiger partial charge in [-0.3, -0.25) is 9.36 Å². The van der Waals surface area contributed by atoms with Gasteiger partial charge in [-0.2, -0.15) is 0 Å². The zero-order valence-corrected chi connectivity index (χ0v) is 18.7. The molecule has 3 aromatic rings. The Balaban J connectivity index is 1.61. The van der Waals surface area contributed by atoms with Crippen LogP contribution in [0.25, 0.3) is 11.2 Å². The lowest BCUT2D eigenvalue weighted by atomic mass is 9.92. The molecule has 2 fully saturated rings. The second-order valence-electron chi connectivity index (χ2n) is 8.61. The third kappa shape index (κ3) is 3.66. The minimum absolute atomic E-state index is 0.0240. The quantitative estimate of drug-likeness (QED) is 0.183. The molecule has 0 unspecified atom stereocenters. The van der Waals surface area contributed by atoms with E-state index >= 15 is 0 Å². The first-order valence-electron chi connectivity index (χ1n) is 11.2. The summed E-state index contributed by atoms with van der Waals surface area (Å²) in [4.78, 5) is 25.2. The Labute approximate surface area is 203 Å². The van der Waals surface area contributed by atoms with Gasteiger partial charge < -0.3 is 45.4 Å². The van der Waals surface area contributed by atoms with Crippen LogP contribution in [0.1, 0.15) is 10.4 Å². The van der Waals surface area contributed by atoms with Gasteiger partial charge >= 0.3 is 0 Å². The number of imidazole rings is 1. The standard InChI is InChI=1S/C22H25N5O9/c28-6-11-14(30)16(32)18(35-11)22(17(33)15(31)12(7-29)36-22)27-9-25-13-19(23-8-24-20(13)27)26-21(34)10-4-2-1-3-5-10/h1-5,8-9,11-12,14-18,28-33H,6-7H2,(H,23,24,26,34)/t11-,12-,14-,15-,16+,17-,18-,22+/m1/s1. The number of aliphatic hydroxyl groups excluding tert-OH is 6. The van der Waals surface area contributed by atoms with Crippen molar-refractivity contribution in [2.24, 2.45) is 0 Å². The number of benzene rings is 1. The van der Waals surface area contributed by atoms with Gasteiger partial charge in [0.25, 0.3) is 5.91 Å². The number of rotatable bonds is 6. The van der Waals surface area contributed by atoms with E-state index in [-0.39, 0.29) is 17.0 Å². The lowest BCUT2D eigenvalue weighted by molar-refractivity contribution is -0.231. The van der Waals surface area contributed by atoms with Crippen molar-refractivity contribution in [3.05, 3.63) is 48.5 Å². The van der Waals surface area contributed by atoms with Gasteiger partial charge in [0.2, 0.25) is 5.72 Å². The van der Waals surface area contributed by atoms with E-state index in [9.17, 15) is 35.4 Å². The molecule has 0 saturated carbocycles. The second-order valence-corrected chi connectivity index (χ2v) is 8.61. The number of carbonyl (C=O) groups is 1. The summed E-state index contributed by atoms with van der Waals surface area (Å²) in [5.41, 5.74) is -1.65. The van der Waals surface area contributed by atoms with Crippen molar-refractivity contribution in [2.45, 2.75) is 48.5 Å². The van der Waals surface area contributed by atoms with E-state index in [1.807, 2.05) is 0 Å². The number of carbonyl (C=O) groups excluding carboxylic acids is 1. The van der Waals surface area contributed by atoms with Crippen LogP contribution < -0.4 is 5.32 Å². The first-order valence-corrected chi connectivity index (χ1v) is 11.2. The van der Waals surface area contributed by atoms with E-state index in [1.54, 1.807) is 30.3 Å². The maximum Gasteiger partial charge on any atom is 0.256 e. The zero-order valence-electron chi connectivity index (χ0n) is 18.7. The van der Waals surface area contributed by atoms with E-state index in [1.165, 1.54) is 10.9 Å². The number of aromatic nitrogens is 4. The van der Waals surface area contributed by atoms with Gasteiger partial charge in [0.1, 0.15) is 49.1 Å². The van der Waals surface area contributed by atoms with Gasteiger partial charge in [-0.1, -0.05) is 18.2 Å². The van der Waals surface area contributed by atoms with E-state index in [2.05, 4.69) is 20.3 Å². The van der Waals surface area contributed by atoms with Crippen LogP contribution in [0.5, 0.6) is 0 Å². The normalized spacial score (nSPS) is 34.3. The van der Waals surface area contributed by atoms with Crippen molar-refractivity contribution in [3.8, 4) is 0 Å². The minimum Gasteiger partial charge on any atom is -0.394 e. The molecule has 0 aliphatic carbocycles. The zero-order chi connectivity index (χ0) is 25.6. The largest absolute Gasteiger partial charge is 0.394 e. The fourth-order valence-electron chi connectivity index (χ4n) is 4.74. The Kier molecular flexibility index (Phi) is 6.44. The molecule has 192 valence electrons. The lowest BCUT2D eigenvalue weighted by Gasteiger charge is -2.39. The highest BCUT2D eigenvalue weighted by atomic mass is 16.6. The summed E-state index contributed by atoms with van der Waals surface area (Å²) in [6.07, 6.45) is -8.34. The first kappa shape index (κ1) is 24.6. The fraction of sp³-hybridized carbons (Fsp3) is 0.455. The van der Waals surface area contributed by atoms with E-state index < -0.39 is 67.6 Å². The average Bonchev–Trinajstić information content (AvgIpc) is 3.54. The highest BCUT2D eigenvalue weighted by Gasteiger charge is 2.66. The van der Waals surface area contributed by atoms with Crippen LogP contribution >= 0.6 is 0 Å². The molecular weight excluding hydrogens is 478 g/mol.